The summed E-state index contributed by atoms with van der Waals surface area (Å²) in [6.45, 7) is 4.99. The van der Waals surface area contributed by atoms with E-state index < -0.39 is 0 Å². The molecule has 0 radical (unpaired) electrons. The molecule has 4 nitrogen and oxygen atoms in total. The zero-order chi connectivity index (χ0) is 18.4. The first-order valence-corrected chi connectivity index (χ1v) is 9.82. The van der Waals surface area contributed by atoms with Crippen LogP contribution in [-0.4, -0.2) is 36.5 Å². The highest BCUT2D eigenvalue weighted by Gasteiger charge is 2.23. The Balaban J connectivity index is 1.72. The third kappa shape index (κ3) is 4.27. The average molecular weight is 366 g/mol. The van der Waals surface area contributed by atoms with E-state index in [0.29, 0.717) is 23.7 Å². The predicted octanol–water partition coefficient (Wildman–Crippen LogP) is 3.92. The fourth-order valence-electron chi connectivity index (χ4n) is 3.36. The van der Waals surface area contributed by atoms with E-state index in [0.717, 1.165) is 29.3 Å². The van der Waals surface area contributed by atoms with Crippen LogP contribution >= 0.6 is 11.8 Å². The molecule has 1 saturated heterocycles. The summed E-state index contributed by atoms with van der Waals surface area (Å²) in [7, 11) is 0. The fourth-order valence-corrected chi connectivity index (χ4v) is 4.38. The fraction of sp³-hybridized carbons (Fsp3) is 0.333. The van der Waals surface area contributed by atoms with Crippen LogP contribution in [0.15, 0.2) is 58.3 Å². The molecule has 2 aromatic rings. The Bertz CT molecular complexity index is 815. The lowest BCUT2D eigenvalue weighted by Gasteiger charge is -2.23. The molecule has 1 unspecified atom stereocenters. The maximum atomic E-state index is 12.8. The van der Waals surface area contributed by atoms with Crippen molar-refractivity contribution in [2.45, 2.75) is 35.6 Å². The second-order valence-corrected chi connectivity index (χ2v) is 7.42. The number of amides is 1. The third-order valence-corrected chi connectivity index (χ3v) is 5.91. The number of carbonyl (C=O) groups excluding carboxylic acids is 1. The molecule has 1 amide bonds. The molecule has 1 aliphatic heterocycles. The van der Waals surface area contributed by atoms with Gasteiger partial charge in [0.15, 0.2) is 0 Å². The Hall–Kier alpha value is -2.29. The maximum Gasteiger partial charge on any atom is 0.252 e. The zero-order valence-corrected chi connectivity index (χ0v) is 15.8. The molecule has 5 heteroatoms. The van der Waals surface area contributed by atoms with Gasteiger partial charge in [-0.25, -0.2) is 0 Å². The van der Waals surface area contributed by atoms with Crippen molar-refractivity contribution < 1.29 is 4.79 Å². The molecule has 1 heterocycles. The quantitative estimate of drug-likeness (QED) is 0.843. The topological polar surface area (TPSA) is 56.1 Å². The number of nitrogens with one attached hydrogen (secondary N) is 1. The molecule has 26 heavy (non-hydrogen) atoms. The van der Waals surface area contributed by atoms with Gasteiger partial charge in [-0.2, -0.15) is 5.26 Å². The number of carbonyl (C=O) groups is 1. The van der Waals surface area contributed by atoms with Gasteiger partial charge in [0.25, 0.3) is 5.91 Å². The number of nitriles is 1. The van der Waals surface area contributed by atoms with Crippen LogP contribution in [0.2, 0.25) is 0 Å². The van der Waals surface area contributed by atoms with Crippen LogP contribution in [0, 0.1) is 11.3 Å². The lowest BCUT2D eigenvalue weighted by molar-refractivity contribution is 0.0938. The van der Waals surface area contributed by atoms with Crippen molar-refractivity contribution in [3.63, 3.8) is 0 Å². The molecule has 1 N–H and O–H groups in total. The summed E-state index contributed by atoms with van der Waals surface area (Å²) in [6, 6.07) is 17.7. The minimum Gasteiger partial charge on any atom is -0.350 e. The summed E-state index contributed by atoms with van der Waals surface area (Å²) in [4.78, 5) is 16.9. The monoisotopic (exact) mass is 365 g/mol. The lowest BCUT2D eigenvalue weighted by atomic mass is 10.2. The van der Waals surface area contributed by atoms with E-state index in [1.54, 1.807) is 6.07 Å². The SMILES string of the molecule is CCN1CCCC1CNC(=O)c1ccccc1Sc1ccccc1C#N. The van der Waals surface area contributed by atoms with E-state index in [9.17, 15) is 10.1 Å². The van der Waals surface area contributed by atoms with Gasteiger partial charge in [-0.15, -0.1) is 0 Å². The van der Waals surface area contributed by atoms with E-state index in [2.05, 4.69) is 23.2 Å². The Morgan fingerprint density at radius 3 is 2.73 bits per heavy atom. The first-order valence-electron chi connectivity index (χ1n) is 9.01. The van der Waals surface area contributed by atoms with Gasteiger partial charge >= 0.3 is 0 Å². The molecule has 134 valence electrons. The van der Waals surface area contributed by atoms with Crippen LogP contribution in [-0.2, 0) is 0 Å². The molecule has 1 atom stereocenters. The molecular weight excluding hydrogens is 342 g/mol. The minimum absolute atomic E-state index is 0.0505. The van der Waals surface area contributed by atoms with Crippen LogP contribution in [0.1, 0.15) is 35.7 Å². The van der Waals surface area contributed by atoms with Crippen molar-refractivity contribution in [2.24, 2.45) is 0 Å². The summed E-state index contributed by atoms with van der Waals surface area (Å²) in [6.07, 6.45) is 2.34. The molecule has 0 spiro atoms. The van der Waals surface area contributed by atoms with Gasteiger partial charge in [0.05, 0.1) is 11.1 Å². The van der Waals surface area contributed by atoms with Crippen molar-refractivity contribution >= 4 is 17.7 Å². The van der Waals surface area contributed by atoms with Gasteiger partial charge < -0.3 is 5.32 Å². The highest BCUT2D eigenvalue weighted by Crippen LogP contribution is 2.32. The molecule has 0 aromatic heterocycles. The Labute approximate surface area is 159 Å². The van der Waals surface area contributed by atoms with Gasteiger partial charge in [0.1, 0.15) is 6.07 Å². The Kier molecular flexibility index (Phi) is 6.32. The van der Waals surface area contributed by atoms with E-state index in [-0.39, 0.29) is 5.91 Å². The van der Waals surface area contributed by atoms with Crippen molar-refractivity contribution in [1.82, 2.24) is 10.2 Å². The number of hydrogen-bond donors (Lipinski definition) is 1. The van der Waals surface area contributed by atoms with Crippen LogP contribution in [0.25, 0.3) is 0 Å². The maximum absolute atomic E-state index is 12.8. The van der Waals surface area contributed by atoms with E-state index in [1.807, 2.05) is 42.5 Å². The normalized spacial score (nSPS) is 17.0. The zero-order valence-electron chi connectivity index (χ0n) is 14.9. The average Bonchev–Trinajstić information content (AvgIpc) is 3.14. The Morgan fingerprint density at radius 2 is 1.96 bits per heavy atom. The van der Waals surface area contributed by atoms with E-state index in [4.69, 9.17) is 0 Å². The molecule has 1 fully saturated rings. The summed E-state index contributed by atoms with van der Waals surface area (Å²) in [5, 5.41) is 12.4. The summed E-state index contributed by atoms with van der Waals surface area (Å²) in [5.74, 6) is -0.0505. The smallest absolute Gasteiger partial charge is 0.252 e. The number of rotatable bonds is 6. The van der Waals surface area contributed by atoms with Crippen LogP contribution < -0.4 is 5.32 Å². The molecular formula is C21H23N3OS. The molecule has 1 aliphatic rings. The molecule has 0 bridgehead atoms. The van der Waals surface area contributed by atoms with Gasteiger partial charge in [0, 0.05) is 22.4 Å². The highest BCUT2D eigenvalue weighted by atomic mass is 32.2. The van der Waals surface area contributed by atoms with Gasteiger partial charge in [0.2, 0.25) is 0 Å². The molecule has 0 aliphatic carbocycles. The second-order valence-electron chi connectivity index (χ2n) is 6.34. The largest absolute Gasteiger partial charge is 0.350 e. The van der Waals surface area contributed by atoms with Crippen LogP contribution in [0.4, 0.5) is 0 Å². The van der Waals surface area contributed by atoms with Gasteiger partial charge in [-0.1, -0.05) is 43.0 Å². The number of benzene rings is 2. The number of nitrogens with zero attached hydrogens (tertiary/aromatic N) is 2. The van der Waals surface area contributed by atoms with Crippen LogP contribution in [0.5, 0.6) is 0 Å². The standard InChI is InChI=1S/C21H23N3OS/c1-2-24-13-7-9-17(24)15-23-21(25)18-10-4-6-12-20(18)26-19-11-5-3-8-16(19)14-22/h3-6,8,10-12,17H,2,7,9,13,15H2,1H3,(H,23,25). The highest BCUT2D eigenvalue weighted by molar-refractivity contribution is 7.99. The number of likely N-dealkylation sites (N-methyl/N-ethyl adjacent to an activating group) is 1. The summed E-state index contributed by atoms with van der Waals surface area (Å²) >= 11 is 1.46. The number of likely N-dealkylation sites (tertiary alicyclic amines) is 1. The van der Waals surface area contributed by atoms with Crippen molar-refractivity contribution in [3.8, 4) is 6.07 Å². The van der Waals surface area contributed by atoms with Crippen molar-refractivity contribution in [1.29, 1.82) is 5.26 Å². The first-order chi connectivity index (χ1) is 12.7. The molecule has 0 saturated carbocycles. The van der Waals surface area contributed by atoms with E-state index in [1.165, 1.54) is 18.2 Å². The second kappa shape index (κ2) is 8.88. The third-order valence-electron chi connectivity index (χ3n) is 4.76. The minimum atomic E-state index is -0.0505. The molecule has 2 aromatic carbocycles. The van der Waals surface area contributed by atoms with E-state index >= 15 is 0 Å². The predicted molar refractivity (Wildman–Crippen MR) is 104 cm³/mol. The van der Waals surface area contributed by atoms with Crippen molar-refractivity contribution in [3.05, 3.63) is 59.7 Å². The lowest BCUT2D eigenvalue weighted by Crippen LogP contribution is -2.40. The van der Waals surface area contributed by atoms with Crippen molar-refractivity contribution in [2.75, 3.05) is 19.6 Å². The van der Waals surface area contributed by atoms with Gasteiger partial charge in [-0.3, -0.25) is 9.69 Å². The summed E-state index contributed by atoms with van der Waals surface area (Å²) < 4.78 is 0. The summed E-state index contributed by atoms with van der Waals surface area (Å²) in [5.41, 5.74) is 1.28. The van der Waals surface area contributed by atoms with Crippen LogP contribution in [0.3, 0.4) is 0 Å². The Morgan fingerprint density at radius 1 is 1.23 bits per heavy atom. The first kappa shape index (κ1) is 18.5. The molecule has 3 rings (SSSR count). The van der Waals surface area contributed by atoms with Gasteiger partial charge in [-0.05, 0) is 50.2 Å². The number of hydrogen-bond acceptors (Lipinski definition) is 4.